The molecule has 0 amide bonds. The molecule has 0 aliphatic carbocycles. The molecule has 2 heteroatoms. The van der Waals surface area contributed by atoms with E-state index >= 15 is 0 Å². The standard InChI is InChI=1S/C10H13NO/c1-8-3-5-9(6-4-8)7-10(11)12-2/h3-6,11H,7H2,1-2H3. The fourth-order valence-corrected chi connectivity index (χ4v) is 0.963. The number of benzene rings is 1. The molecule has 64 valence electrons. The first kappa shape index (κ1) is 8.78. The Morgan fingerprint density at radius 1 is 1.33 bits per heavy atom. The van der Waals surface area contributed by atoms with Gasteiger partial charge in [-0.2, -0.15) is 0 Å². The quantitative estimate of drug-likeness (QED) is 0.526. The van der Waals surface area contributed by atoms with E-state index in [-0.39, 0.29) is 0 Å². The number of rotatable bonds is 2. The van der Waals surface area contributed by atoms with Gasteiger partial charge in [-0.05, 0) is 12.5 Å². The topological polar surface area (TPSA) is 33.1 Å². The first-order valence-electron chi connectivity index (χ1n) is 3.89. The summed E-state index contributed by atoms with van der Waals surface area (Å²) in [7, 11) is 1.52. The molecule has 0 aliphatic rings. The van der Waals surface area contributed by atoms with Gasteiger partial charge in [-0.15, -0.1) is 0 Å². The van der Waals surface area contributed by atoms with E-state index in [0.29, 0.717) is 12.3 Å². The first-order valence-corrected chi connectivity index (χ1v) is 3.89. The van der Waals surface area contributed by atoms with Gasteiger partial charge in [0.2, 0.25) is 0 Å². The van der Waals surface area contributed by atoms with Crippen LogP contribution in [0, 0.1) is 12.3 Å². The summed E-state index contributed by atoms with van der Waals surface area (Å²) in [6.45, 7) is 2.05. The Bertz CT molecular complexity index is 264. The maximum absolute atomic E-state index is 7.31. The van der Waals surface area contributed by atoms with Crippen LogP contribution in [0.5, 0.6) is 0 Å². The molecule has 0 aromatic heterocycles. The van der Waals surface area contributed by atoms with Gasteiger partial charge in [-0.25, -0.2) is 0 Å². The predicted octanol–water partition coefficient (Wildman–Crippen LogP) is 2.16. The highest BCUT2D eigenvalue weighted by Gasteiger charge is 1.97. The lowest BCUT2D eigenvalue weighted by Crippen LogP contribution is -2.02. The first-order chi connectivity index (χ1) is 5.72. The molecule has 1 N–H and O–H groups in total. The molecular formula is C10H13NO. The SMILES string of the molecule is COC(=N)Cc1ccc(C)cc1. The van der Waals surface area contributed by atoms with Crippen molar-refractivity contribution in [2.24, 2.45) is 0 Å². The number of hydrogen-bond acceptors (Lipinski definition) is 2. The van der Waals surface area contributed by atoms with Crippen LogP contribution in [0.3, 0.4) is 0 Å². The second-order valence-electron chi connectivity index (χ2n) is 2.79. The fourth-order valence-electron chi connectivity index (χ4n) is 0.963. The van der Waals surface area contributed by atoms with Gasteiger partial charge >= 0.3 is 0 Å². The van der Waals surface area contributed by atoms with Crippen molar-refractivity contribution in [3.8, 4) is 0 Å². The molecule has 0 aliphatic heterocycles. The second kappa shape index (κ2) is 3.90. The van der Waals surface area contributed by atoms with Crippen molar-refractivity contribution in [1.82, 2.24) is 0 Å². The Hall–Kier alpha value is -1.31. The molecule has 0 radical (unpaired) electrons. The van der Waals surface area contributed by atoms with Crippen LogP contribution in [0.25, 0.3) is 0 Å². The van der Waals surface area contributed by atoms with Crippen LogP contribution in [-0.4, -0.2) is 13.0 Å². The Kier molecular flexibility index (Phi) is 2.86. The third kappa shape index (κ3) is 2.38. The van der Waals surface area contributed by atoms with E-state index in [1.165, 1.54) is 12.7 Å². The van der Waals surface area contributed by atoms with Crippen molar-refractivity contribution in [2.75, 3.05) is 7.11 Å². The fraction of sp³-hybridized carbons (Fsp3) is 0.300. The lowest BCUT2D eigenvalue weighted by molar-refractivity contribution is 0.390. The van der Waals surface area contributed by atoms with Crippen molar-refractivity contribution in [1.29, 1.82) is 5.41 Å². The lowest BCUT2D eigenvalue weighted by Gasteiger charge is -2.02. The monoisotopic (exact) mass is 163 g/mol. The summed E-state index contributed by atoms with van der Waals surface area (Å²) in [4.78, 5) is 0. The van der Waals surface area contributed by atoms with Gasteiger partial charge in [-0.1, -0.05) is 29.8 Å². The van der Waals surface area contributed by atoms with E-state index in [1.54, 1.807) is 0 Å². The average Bonchev–Trinajstić information content (AvgIpc) is 2.09. The normalized spacial score (nSPS) is 9.50. The van der Waals surface area contributed by atoms with Crippen molar-refractivity contribution in [2.45, 2.75) is 13.3 Å². The highest BCUT2D eigenvalue weighted by Crippen LogP contribution is 2.04. The Morgan fingerprint density at radius 3 is 2.42 bits per heavy atom. The van der Waals surface area contributed by atoms with Crippen LogP contribution in [-0.2, 0) is 11.2 Å². The van der Waals surface area contributed by atoms with Crippen LogP contribution in [0.4, 0.5) is 0 Å². The van der Waals surface area contributed by atoms with E-state index in [0.717, 1.165) is 5.56 Å². The van der Waals surface area contributed by atoms with Crippen LogP contribution in [0.2, 0.25) is 0 Å². The van der Waals surface area contributed by atoms with Crippen molar-refractivity contribution < 1.29 is 4.74 Å². The van der Waals surface area contributed by atoms with Gasteiger partial charge in [0.15, 0.2) is 5.90 Å². The third-order valence-electron chi connectivity index (χ3n) is 1.73. The Labute approximate surface area is 72.7 Å². The van der Waals surface area contributed by atoms with Gasteiger partial charge in [-0.3, -0.25) is 5.41 Å². The van der Waals surface area contributed by atoms with Gasteiger partial charge in [0.05, 0.1) is 7.11 Å². The minimum absolute atomic E-state index is 0.304. The minimum atomic E-state index is 0.304. The highest BCUT2D eigenvalue weighted by molar-refractivity contribution is 5.75. The van der Waals surface area contributed by atoms with Crippen molar-refractivity contribution >= 4 is 5.90 Å². The maximum Gasteiger partial charge on any atom is 0.184 e. The summed E-state index contributed by atoms with van der Waals surface area (Å²) in [6.07, 6.45) is 0.580. The number of ether oxygens (including phenoxy) is 1. The highest BCUT2D eigenvalue weighted by atomic mass is 16.5. The summed E-state index contributed by atoms with van der Waals surface area (Å²) in [5.74, 6) is 0.304. The van der Waals surface area contributed by atoms with E-state index in [9.17, 15) is 0 Å². The Balaban J connectivity index is 2.64. The molecule has 0 unspecified atom stereocenters. The Morgan fingerprint density at radius 2 is 1.92 bits per heavy atom. The summed E-state index contributed by atoms with van der Waals surface area (Å²) in [6, 6.07) is 8.11. The lowest BCUT2D eigenvalue weighted by atomic mass is 10.1. The summed E-state index contributed by atoms with van der Waals surface area (Å²) in [5.41, 5.74) is 2.36. The second-order valence-corrected chi connectivity index (χ2v) is 2.79. The molecule has 0 spiro atoms. The zero-order valence-corrected chi connectivity index (χ0v) is 7.42. The molecule has 0 saturated carbocycles. The molecule has 0 fully saturated rings. The maximum atomic E-state index is 7.31. The number of methoxy groups -OCH3 is 1. The molecule has 12 heavy (non-hydrogen) atoms. The predicted molar refractivity (Wildman–Crippen MR) is 49.6 cm³/mol. The van der Waals surface area contributed by atoms with E-state index < -0.39 is 0 Å². The average molecular weight is 163 g/mol. The zero-order valence-electron chi connectivity index (χ0n) is 7.42. The van der Waals surface area contributed by atoms with E-state index in [2.05, 4.69) is 0 Å². The summed E-state index contributed by atoms with van der Waals surface area (Å²) < 4.78 is 4.77. The summed E-state index contributed by atoms with van der Waals surface area (Å²) in [5, 5.41) is 7.31. The molecular weight excluding hydrogens is 150 g/mol. The van der Waals surface area contributed by atoms with Gasteiger partial charge in [0.1, 0.15) is 0 Å². The number of nitrogens with one attached hydrogen (secondary N) is 1. The molecule has 0 bridgehead atoms. The number of hydrogen-bond donors (Lipinski definition) is 1. The molecule has 1 aromatic carbocycles. The van der Waals surface area contributed by atoms with Crippen LogP contribution < -0.4 is 0 Å². The minimum Gasteiger partial charge on any atom is -0.484 e. The zero-order chi connectivity index (χ0) is 8.97. The number of aryl methyl sites for hydroxylation is 1. The van der Waals surface area contributed by atoms with E-state index in [4.69, 9.17) is 10.1 Å². The van der Waals surface area contributed by atoms with Crippen LogP contribution in [0.1, 0.15) is 11.1 Å². The molecule has 2 nitrogen and oxygen atoms in total. The van der Waals surface area contributed by atoms with Gasteiger partial charge in [0, 0.05) is 6.42 Å². The molecule has 0 heterocycles. The molecule has 1 rings (SSSR count). The van der Waals surface area contributed by atoms with E-state index in [1.807, 2.05) is 31.2 Å². The van der Waals surface area contributed by atoms with Crippen LogP contribution in [0.15, 0.2) is 24.3 Å². The molecule has 1 aromatic rings. The third-order valence-corrected chi connectivity index (χ3v) is 1.73. The van der Waals surface area contributed by atoms with Crippen molar-refractivity contribution in [3.05, 3.63) is 35.4 Å². The van der Waals surface area contributed by atoms with Crippen LogP contribution >= 0.6 is 0 Å². The van der Waals surface area contributed by atoms with Gasteiger partial charge in [0.25, 0.3) is 0 Å². The van der Waals surface area contributed by atoms with Gasteiger partial charge < -0.3 is 4.74 Å². The smallest absolute Gasteiger partial charge is 0.184 e. The summed E-state index contributed by atoms with van der Waals surface area (Å²) >= 11 is 0. The molecule has 0 saturated heterocycles. The van der Waals surface area contributed by atoms with Crippen molar-refractivity contribution in [3.63, 3.8) is 0 Å². The largest absolute Gasteiger partial charge is 0.484 e. The molecule has 0 atom stereocenters.